The average molecular weight is 483 g/mol. The second kappa shape index (κ2) is 13.4. The van der Waals surface area contributed by atoms with E-state index in [4.69, 9.17) is 0 Å². The fraction of sp³-hybridized carbons (Fsp3) is 1.00. The number of rotatable bonds is 9. The average Bonchev–Trinajstić information content (AvgIpc) is 2.86. The lowest BCUT2D eigenvalue weighted by Crippen LogP contribution is -2.44. The van der Waals surface area contributed by atoms with Crippen molar-refractivity contribution in [3.05, 3.63) is 0 Å². The molecule has 0 nitrogen and oxygen atoms in total. The first kappa shape index (κ1) is 26.8. The highest BCUT2D eigenvalue weighted by atomic mass is 19.2. The number of hydrogen-bond acceptors (Lipinski definition) is 0. The number of alkyl halides is 3. The predicted molar refractivity (Wildman–Crippen MR) is 137 cm³/mol. The van der Waals surface area contributed by atoms with Crippen LogP contribution in [-0.4, -0.2) is 18.5 Å². The Morgan fingerprint density at radius 1 is 0.559 bits per heavy atom. The molecule has 0 radical (unpaired) electrons. The molecule has 0 bridgehead atoms. The van der Waals surface area contributed by atoms with Crippen molar-refractivity contribution in [2.24, 2.45) is 41.4 Å². The van der Waals surface area contributed by atoms with Crippen molar-refractivity contribution in [1.82, 2.24) is 0 Å². The van der Waals surface area contributed by atoms with Gasteiger partial charge in [0.05, 0.1) is 0 Å². The van der Waals surface area contributed by atoms with Crippen LogP contribution in [0.2, 0.25) is 0 Å². The highest BCUT2D eigenvalue weighted by Gasteiger charge is 2.46. The summed E-state index contributed by atoms with van der Waals surface area (Å²) in [6.07, 6.45) is 19.5. The van der Waals surface area contributed by atoms with Crippen molar-refractivity contribution in [3.8, 4) is 0 Å². The third kappa shape index (κ3) is 6.96. The maximum absolute atomic E-state index is 15.3. The molecule has 0 spiro atoms. The summed E-state index contributed by atoms with van der Waals surface area (Å²) in [5.74, 6) is 2.33. The molecule has 198 valence electrons. The van der Waals surface area contributed by atoms with Gasteiger partial charge in [0.2, 0.25) is 0 Å². The standard InChI is InChI=1S/C31H53F3/c1-2-3-5-8-23-14-18-26(29(32)21-23)17-13-22-11-15-25(16-12-22)28-20-19-27(30(33)31(28)34)24-9-6-4-7-10-24/h22-31H,2-21H2,1H3. The minimum absolute atomic E-state index is 0.0155. The van der Waals surface area contributed by atoms with E-state index in [9.17, 15) is 4.39 Å². The first-order chi connectivity index (χ1) is 16.6. The van der Waals surface area contributed by atoms with E-state index in [0.29, 0.717) is 23.7 Å². The smallest absolute Gasteiger partial charge is 0.134 e. The molecular formula is C31H53F3. The van der Waals surface area contributed by atoms with E-state index >= 15 is 8.78 Å². The molecule has 0 aromatic carbocycles. The highest BCUT2D eigenvalue weighted by Crippen LogP contribution is 2.48. The van der Waals surface area contributed by atoms with Crippen LogP contribution in [0.1, 0.15) is 135 Å². The minimum atomic E-state index is -1.23. The quantitative estimate of drug-likeness (QED) is 0.287. The van der Waals surface area contributed by atoms with Crippen LogP contribution in [-0.2, 0) is 0 Å². The Balaban J connectivity index is 1.15. The normalized spacial score (nSPS) is 42.5. The van der Waals surface area contributed by atoms with Crippen molar-refractivity contribution < 1.29 is 13.2 Å². The molecule has 0 aromatic rings. The molecule has 4 aliphatic carbocycles. The zero-order valence-corrected chi connectivity index (χ0v) is 22.0. The van der Waals surface area contributed by atoms with Crippen molar-refractivity contribution in [1.29, 1.82) is 0 Å². The van der Waals surface area contributed by atoms with Gasteiger partial charge < -0.3 is 0 Å². The Morgan fingerprint density at radius 2 is 1.18 bits per heavy atom. The summed E-state index contributed by atoms with van der Waals surface area (Å²) in [4.78, 5) is 0. The van der Waals surface area contributed by atoms with Gasteiger partial charge in [0.1, 0.15) is 18.5 Å². The Kier molecular flexibility index (Phi) is 10.6. The van der Waals surface area contributed by atoms with Crippen LogP contribution >= 0.6 is 0 Å². The fourth-order valence-electron chi connectivity index (χ4n) is 8.61. The molecule has 3 heteroatoms. The summed E-state index contributed by atoms with van der Waals surface area (Å²) < 4.78 is 45.3. The molecule has 7 atom stereocenters. The molecule has 34 heavy (non-hydrogen) atoms. The van der Waals surface area contributed by atoms with Gasteiger partial charge in [-0.25, -0.2) is 13.2 Å². The third-order valence-corrected chi connectivity index (χ3v) is 10.9. The van der Waals surface area contributed by atoms with Crippen molar-refractivity contribution in [2.75, 3.05) is 0 Å². The SMILES string of the molecule is CCCCCC1CCC(CCC2CCC(C3CCC(C4CCCCC4)C(F)C3F)CC2)C(F)C1. The molecule has 4 saturated carbocycles. The summed E-state index contributed by atoms with van der Waals surface area (Å²) in [5, 5.41) is 0. The Morgan fingerprint density at radius 3 is 1.79 bits per heavy atom. The topological polar surface area (TPSA) is 0 Å². The fourth-order valence-corrected chi connectivity index (χ4v) is 8.61. The molecule has 0 heterocycles. The van der Waals surface area contributed by atoms with E-state index < -0.39 is 18.5 Å². The first-order valence-corrected chi connectivity index (χ1v) is 15.5. The molecular weight excluding hydrogens is 429 g/mol. The van der Waals surface area contributed by atoms with E-state index in [0.717, 1.165) is 77.0 Å². The molecule has 4 rings (SSSR count). The van der Waals surface area contributed by atoms with E-state index in [1.54, 1.807) is 0 Å². The lowest BCUT2D eigenvalue weighted by atomic mass is 9.64. The van der Waals surface area contributed by atoms with Gasteiger partial charge in [0.25, 0.3) is 0 Å². The molecule has 0 aliphatic heterocycles. The molecule has 4 aliphatic rings. The summed E-state index contributed by atoms with van der Waals surface area (Å²) in [6, 6.07) is 0. The zero-order chi connectivity index (χ0) is 23.9. The van der Waals surface area contributed by atoms with Crippen molar-refractivity contribution >= 4 is 0 Å². The lowest BCUT2D eigenvalue weighted by molar-refractivity contribution is -0.0349. The summed E-state index contributed by atoms with van der Waals surface area (Å²) in [7, 11) is 0. The van der Waals surface area contributed by atoms with Gasteiger partial charge in [-0.2, -0.15) is 0 Å². The number of halogens is 3. The molecule has 0 aromatic heterocycles. The van der Waals surface area contributed by atoms with Crippen LogP contribution in [0.25, 0.3) is 0 Å². The van der Waals surface area contributed by atoms with Crippen molar-refractivity contribution in [3.63, 3.8) is 0 Å². The Labute approximate surface area is 208 Å². The molecule has 4 fully saturated rings. The van der Waals surface area contributed by atoms with Gasteiger partial charge in [0.15, 0.2) is 0 Å². The monoisotopic (exact) mass is 482 g/mol. The summed E-state index contributed by atoms with van der Waals surface area (Å²) >= 11 is 0. The zero-order valence-electron chi connectivity index (χ0n) is 22.0. The predicted octanol–water partition coefficient (Wildman–Crippen LogP) is 10.2. The van der Waals surface area contributed by atoms with Gasteiger partial charge in [-0.15, -0.1) is 0 Å². The van der Waals surface area contributed by atoms with E-state index in [1.807, 2.05) is 0 Å². The van der Waals surface area contributed by atoms with Crippen LogP contribution in [0.3, 0.4) is 0 Å². The second-order valence-corrected chi connectivity index (χ2v) is 13.0. The van der Waals surface area contributed by atoms with Gasteiger partial charge in [-0.1, -0.05) is 84.0 Å². The Bertz CT molecular complexity index is 565. The first-order valence-electron chi connectivity index (χ1n) is 15.5. The van der Waals surface area contributed by atoms with Crippen LogP contribution < -0.4 is 0 Å². The van der Waals surface area contributed by atoms with Gasteiger partial charge in [0, 0.05) is 0 Å². The summed E-state index contributed by atoms with van der Waals surface area (Å²) in [5.41, 5.74) is 0. The maximum Gasteiger partial charge on any atom is 0.134 e. The van der Waals surface area contributed by atoms with E-state index in [1.165, 1.54) is 51.4 Å². The summed E-state index contributed by atoms with van der Waals surface area (Å²) in [6.45, 7) is 2.23. The largest absolute Gasteiger partial charge is 0.247 e. The van der Waals surface area contributed by atoms with E-state index in [2.05, 4.69) is 6.92 Å². The minimum Gasteiger partial charge on any atom is -0.247 e. The number of unbranched alkanes of at least 4 members (excludes halogenated alkanes) is 2. The van der Waals surface area contributed by atoms with Gasteiger partial charge in [-0.3, -0.25) is 0 Å². The van der Waals surface area contributed by atoms with E-state index in [-0.39, 0.29) is 17.8 Å². The lowest BCUT2D eigenvalue weighted by Gasteiger charge is -2.44. The molecule has 0 N–H and O–H groups in total. The Hall–Kier alpha value is -0.210. The third-order valence-electron chi connectivity index (χ3n) is 10.9. The van der Waals surface area contributed by atoms with Crippen LogP contribution in [0.5, 0.6) is 0 Å². The number of hydrogen-bond donors (Lipinski definition) is 0. The van der Waals surface area contributed by atoms with Crippen LogP contribution in [0, 0.1) is 41.4 Å². The second-order valence-electron chi connectivity index (χ2n) is 13.0. The molecule has 7 unspecified atom stereocenters. The maximum atomic E-state index is 15.3. The molecule has 0 amide bonds. The van der Waals surface area contributed by atoms with Crippen LogP contribution in [0.15, 0.2) is 0 Å². The molecule has 0 saturated heterocycles. The van der Waals surface area contributed by atoms with Crippen LogP contribution in [0.4, 0.5) is 13.2 Å². The highest BCUT2D eigenvalue weighted by molar-refractivity contribution is 4.95. The van der Waals surface area contributed by atoms with Gasteiger partial charge >= 0.3 is 0 Å². The van der Waals surface area contributed by atoms with Crippen molar-refractivity contribution in [2.45, 2.75) is 154 Å². The van der Waals surface area contributed by atoms with Gasteiger partial charge in [-0.05, 0) is 92.8 Å².